The fourth-order valence-electron chi connectivity index (χ4n) is 2.90. The second kappa shape index (κ2) is 6.90. The van der Waals surface area contributed by atoms with Gasteiger partial charge in [-0.05, 0) is 45.3 Å². The van der Waals surface area contributed by atoms with E-state index in [4.69, 9.17) is 0 Å². The van der Waals surface area contributed by atoms with Crippen molar-refractivity contribution in [2.45, 2.75) is 39.3 Å². The molecule has 1 N–H and O–H groups in total. The Hall–Kier alpha value is -0.870. The van der Waals surface area contributed by atoms with Crippen molar-refractivity contribution in [3.8, 4) is 0 Å². The third-order valence-corrected chi connectivity index (χ3v) is 3.74. The van der Waals surface area contributed by atoms with Gasteiger partial charge >= 0.3 is 0 Å². The highest BCUT2D eigenvalue weighted by Gasteiger charge is 2.20. The summed E-state index contributed by atoms with van der Waals surface area (Å²) >= 11 is 0. The number of imidazole rings is 1. The predicted molar refractivity (Wildman–Crippen MR) is 74.4 cm³/mol. The molecule has 1 aliphatic heterocycles. The van der Waals surface area contributed by atoms with E-state index in [0.29, 0.717) is 0 Å². The van der Waals surface area contributed by atoms with Crippen LogP contribution in [0.5, 0.6) is 0 Å². The summed E-state index contributed by atoms with van der Waals surface area (Å²) in [6.45, 7) is 7.96. The number of hydrogen-bond acceptors (Lipinski definition) is 3. The van der Waals surface area contributed by atoms with Crippen LogP contribution in [0.15, 0.2) is 12.5 Å². The lowest BCUT2D eigenvalue weighted by atomic mass is 9.98. The first-order valence-corrected chi connectivity index (χ1v) is 7.19. The van der Waals surface area contributed by atoms with Crippen LogP contribution in [0, 0.1) is 5.92 Å². The molecule has 1 saturated heterocycles. The molecule has 0 amide bonds. The van der Waals surface area contributed by atoms with Gasteiger partial charge in [0.05, 0.1) is 12.0 Å². The normalized spacial score (nSPS) is 21.3. The van der Waals surface area contributed by atoms with E-state index in [9.17, 15) is 0 Å². The third-order valence-electron chi connectivity index (χ3n) is 3.74. The summed E-state index contributed by atoms with van der Waals surface area (Å²) in [5.41, 5.74) is 1.36. The summed E-state index contributed by atoms with van der Waals surface area (Å²) < 4.78 is 2.29. The molecular formula is C14H26N4. The maximum absolute atomic E-state index is 4.29. The largest absolute Gasteiger partial charge is 0.333 e. The van der Waals surface area contributed by atoms with Crippen LogP contribution in [-0.2, 0) is 13.1 Å². The number of likely N-dealkylation sites (tertiary alicyclic amines) is 1. The smallest absolute Gasteiger partial charge is 0.0948 e. The lowest BCUT2D eigenvalue weighted by Crippen LogP contribution is -2.38. The molecule has 1 fully saturated rings. The number of nitrogens with zero attached hydrogens (tertiary/aromatic N) is 3. The van der Waals surface area contributed by atoms with Gasteiger partial charge in [0.1, 0.15) is 0 Å². The minimum Gasteiger partial charge on any atom is -0.333 e. The van der Waals surface area contributed by atoms with Gasteiger partial charge in [0.15, 0.2) is 0 Å². The molecule has 1 aliphatic rings. The van der Waals surface area contributed by atoms with Crippen molar-refractivity contribution in [2.75, 3.05) is 26.7 Å². The van der Waals surface area contributed by atoms with Crippen molar-refractivity contribution in [3.05, 3.63) is 18.2 Å². The molecule has 0 aromatic carbocycles. The van der Waals surface area contributed by atoms with Crippen LogP contribution in [0.25, 0.3) is 0 Å². The van der Waals surface area contributed by atoms with Crippen molar-refractivity contribution in [1.29, 1.82) is 0 Å². The molecule has 2 heterocycles. The van der Waals surface area contributed by atoms with Crippen LogP contribution in [-0.4, -0.2) is 41.1 Å². The van der Waals surface area contributed by atoms with Gasteiger partial charge < -0.3 is 9.88 Å². The molecule has 1 aromatic rings. The average molecular weight is 250 g/mol. The first-order valence-electron chi connectivity index (χ1n) is 7.19. The molecule has 1 aromatic heterocycles. The zero-order chi connectivity index (χ0) is 12.8. The van der Waals surface area contributed by atoms with Gasteiger partial charge in [-0.3, -0.25) is 4.90 Å². The van der Waals surface area contributed by atoms with Gasteiger partial charge in [-0.15, -0.1) is 0 Å². The Morgan fingerprint density at radius 1 is 1.50 bits per heavy atom. The van der Waals surface area contributed by atoms with Crippen molar-refractivity contribution < 1.29 is 0 Å². The van der Waals surface area contributed by atoms with Crippen LogP contribution in [0.2, 0.25) is 0 Å². The van der Waals surface area contributed by atoms with Crippen molar-refractivity contribution in [2.24, 2.45) is 5.92 Å². The van der Waals surface area contributed by atoms with Gasteiger partial charge in [-0.25, -0.2) is 4.98 Å². The van der Waals surface area contributed by atoms with Crippen LogP contribution >= 0.6 is 0 Å². The van der Waals surface area contributed by atoms with Gasteiger partial charge in [-0.1, -0.05) is 6.92 Å². The minimum atomic E-state index is 0.811. The topological polar surface area (TPSA) is 33.1 Å². The number of aromatic nitrogens is 2. The second-order valence-electron chi connectivity index (χ2n) is 5.38. The van der Waals surface area contributed by atoms with E-state index < -0.39 is 0 Å². The Balaban J connectivity index is 1.89. The van der Waals surface area contributed by atoms with E-state index in [1.807, 2.05) is 12.5 Å². The van der Waals surface area contributed by atoms with Gasteiger partial charge in [0.25, 0.3) is 0 Å². The van der Waals surface area contributed by atoms with Crippen molar-refractivity contribution in [3.63, 3.8) is 0 Å². The summed E-state index contributed by atoms with van der Waals surface area (Å²) in [5, 5.41) is 3.30. The molecule has 0 spiro atoms. The Labute approximate surface area is 110 Å². The van der Waals surface area contributed by atoms with Crippen LogP contribution in [0.4, 0.5) is 0 Å². The third kappa shape index (κ3) is 3.56. The van der Waals surface area contributed by atoms with Crippen LogP contribution in [0.1, 0.15) is 31.9 Å². The number of aryl methyl sites for hydroxylation is 1. The Bertz CT molecular complexity index is 345. The predicted octanol–water partition coefficient (Wildman–Crippen LogP) is 1.72. The second-order valence-corrected chi connectivity index (χ2v) is 5.38. The average Bonchev–Trinajstić information content (AvgIpc) is 2.78. The van der Waals surface area contributed by atoms with Gasteiger partial charge in [0, 0.05) is 25.8 Å². The molecule has 4 nitrogen and oxygen atoms in total. The molecular weight excluding hydrogens is 224 g/mol. The molecule has 4 heteroatoms. The summed E-state index contributed by atoms with van der Waals surface area (Å²) in [7, 11) is 2.05. The summed E-state index contributed by atoms with van der Waals surface area (Å²) in [4.78, 5) is 6.86. The highest BCUT2D eigenvalue weighted by Crippen LogP contribution is 2.18. The fourth-order valence-corrected chi connectivity index (χ4v) is 2.90. The molecule has 102 valence electrons. The first kappa shape index (κ1) is 13.6. The summed E-state index contributed by atoms with van der Waals surface area (Å²) in [6.07, 6.45) is 7.86. The Morgan fingerprint density at radius 3 is 3.17 bits per heavy atom. The highest BCUT2D eigenvalue weighted by molar-refractivity contribution is 4.98. The van der Waals surface area contributed by atoms with E-state index in [2.05, 4.69) is 33.7 Å². The molecule has 0 saturated carbocycles. The minimum absolute atomic E-state index is 0.811. The zero-order valence-corrected chi connectivity index (χ0v) is 11.7. The SMILES string of the molecule is CCCn1cncc1CN1CCCC(CNC)C1. The molecule has 0 bridgehead atoms. The van der Waals surface area contributed by atoms with Crippen LogP contribution < -0.4 is 5.32 Å². The maximum atomic E-state index is 4.29. The number of piperidine rings is 1. The van der Waals surface area contributed by atoms with E-state index in [1.165, 1.54) is 38.0 Å². The first-order chi connectivity index (χ1) is 8.83. The van der Waals surface area contributed by atoms with E-state index in [0.717, 1.165) is 25.6 Å². The molecule has 1 unspecified atom stereocenters. The van der Waals surface area contributed by atoms with E-state index in [-0.39, 0.29) is 0 Å². The molecule has 0 aliphatic carbocycles. The number of nitrogens with one attached hydrogen (secondary N) is 1. The molecule has 2 rings (SSSR count). The van der Waals surface area contributed by atoms with Gasteiger partial charge in [-0.2, -0.15) is 0 Å². The lowest BCUT2D eigenvalue weighted by molar-refractivity contribution is 0.163. The zero-order valence-electron chi connectivity index (χ0n) is 11.7. The highest BCUT2D eigenvalue weighted by atomic mass is 15.2. The van der Waals surface area contributed by atoms with E-state index in [1.54, 1.807) is 0 Å². The number of hydrogen-bond donors (Lipinski definition) is 1. The van der Waals surface area contributed by atoms with Gasteiger partial charge in [0.2, 0.25) is 0 Å². The summed E-state index contributed by atoms with van der Waals surface area (Å²) in [5.74, 6) is 0.811. The molecule has 1 atom stereocenters. The van der Waals surface area contributed by atoms with Crippen LogP contribution in [0.3, 0.4) is 0 Å². The maximum Gasteiger partial charge on any atom is 0.0948 e. The number of rotatable bonds is 6. The van der Waals surface area contributed by atoms with E-state index >= 15 is 0 Å². The van der Waals surface area contributed by atoms with Crippen molar-refractivity contribution >= 4 is 0 Å². The molecule has 0 radical (unpaired) electrons. The Kier molecular flexibility index (Phi) is 5.20. The molecule has 18 heavy (non-hydrogen) atoms. The Morgan fingerprint density at radius 2 is 2.39 bits per heavy atom. The monoisotopic (exact) mass is 250 g/mol. The summed E-state index contributed by atoms with van der Waals surface area (Å²) in [6, 6.07) is 0. The quantitative estimate of drug-likeness (QED) is 0.834. The standard InChI is InChI=1S/C14H26N4/c1-3-6-18-12-16-9-14(18)11-17-7-4-5-13(10-17)8-15-2/h9,12-13,15H,3-8,10-11H2,1-2H3. The van der Waals surface area contributed by atoms with Crippen molar-refractivity contribution in [1.82, 2.24) is 19.8 Å². The fraction of sp³-hybridized carbons (Fsp3) is 0.786. The lowest BCUT2D eigenvalue weighted by Gasteiger charge is -2.32.